The first-order chi connectivity index (χ1) is 11.0. The molecule has 1 heterocycles. The Balaban J connectivity index is 1.82. The van der Waals surface area contributed by atoms with Crippen LogP contribution in [0.5, 0.6) is 5.75 Å². The molecule has 1 aromatic carbocycles. The van der Waals surface area contributed by atoms with Crippen molar-refractivity contribution in [2.75, 3.05) is 17.7 Å². The van der Waals surface area contributed by atoms with Gasteiger partial charge in [0.1, 0.15) is 11.4 Å². The topological polar surface area (TPSA) is 76.1 Å². The maximum Gasteiger partial charge on any atom is 0.274 e. The van der Waals surface area contributed by atoms with Crippen molar-refractivity contribution in [3.63, 3.8) is 0 Å². The number of hydrogen-bond donors (Lipinski definition) is 2. The summed E-state index contributed by atoms with van der Waals surface area (Å²) < 4.78 is 5.29. The molecule has 0 aliphatic heterocycles. The van der Waals surface area contributed by atoms with Crippen LogP contribution >= 0.6 is 0 Å². The highest BCUT2D eigenvalue weighted by Crippen LogP contribution is 2.26. The minimum absolute atomic E-state index is 0.279. The van der Waals surface area contributed by atoms with Gasteiger partial charge in [-0.05, 0) is 50.5 Å². The van der Waals surface area contributed by atoms with E-state index in [1.54, 1.807) is 13.2 Å². The molecular formula is C17H20N4O2. The van der Waals surface area contributed by atoms with Crippen LogP contribution in [-0.2, 0) is 0 Å². The molecule has 1 aliphatic carbocycles. The Morgan fingerprint density at radius 2 is 2.00 bits per heavy atom. The number of nitrogens with zero attached hydrogens (tertiary/aromatic N) is 2. The zero-order valence-corrected chi connectivity index (χ0v) is 13.5. The molecular weight excluding hydrogens is 292 g/mol. The summed E-state index contributed by atoms with van der Waals surface area (Å²) in [6.07, 6.45) is 2.25. The van der Waals surface area contributed by atoms with Crippen molar-refractivity contribution in [1.29, 1.82) is 0 Å². The minimum Gasteiger partial charge on any atom is -0.495 e. The predicted molar refractivity (Wildman–Crippen MR) is 89.1 cm³/mol. The molecule has 2 aromatic rings. The molecule has 1 saturated carbocycles. The molecule has 0 saturated heterocycles. The molecule has 23 heavy (non-hydrogen) atoms. The summed E-state index contributed by atoms with van der Waals surface area (Å²) in [5, 5.41) is 6.08. The van der Waals surface area contributed by atoms with E-state index in [0.29, 0.717) is 29.1 Å². The van der Waals surface area contributed by atoms with Crippen LogP contribution in [0.1, 0.15) is 34.6 Å². The van der Waals surface area contributed by atoms with Gasteiger partial charge in [0.05, 0.1) is 12.8 Å². The number of carbonyl (C=O) groups excluding carboxylic acids is 1. The van der Waals surface area contributed by atoms with E-state index in [0.717, 1.165) is 24.1 Å². The van der Waals surface area contributed by atoms with E-state index in [2.05, 4.69) is 20.6 Å². The molecule has 120 valence electrons. The lowest BCUT2D eigenvalue weighted by Gasteiger charge is -2.11. The van der Waals surface area contributed by atoms with E-state index >= 15 is 0 Å². The standard InChI is InChI=1S/C17H20N4O2/c1-10-4-7-15(23-3)13(8-10)20-16(22)14-9-11(2)18-17(21-14)19-12-5-6-12/h4,7-9,12H,5-6H2,1-3H3,(H,20,22)(H,18,19,21). The van der Waals surface area contributed by atoms with Crippen LogP contribution in [0, 0.1) is 13.8 Å². The second kappa shape index (κ2) is 6.24. The Morgan fingerprint density at radius 1 is 1.22 bits per heavy atom. The number of ether oxygens (including phenoxy) is 1. The fraction of sp³-hybridized carbons (Fsp3) is 0.353. The van der Waals surface area contributed by atoms with E-state index in [9.17, 15) is 4.79 Å². The summed E-state index contributed by atoms with van der Waals surface area (Å²) in [6, 6.07) is 7.74. The molecule has 1 fully saturated rings. The third-order valence-corrected chi connectivity index (χ3v) is 3.60. The van der Waals surface area contributed by atoms with Crippen LogP contribution in [0.15, 0.2) is 24.3 Å². The van der Waals surface area contributed by atoms with Crippen molar-refractivity contribution in [3.8, 4) is 5.75 Å². The van der Waals surface area contributed by atoms with Crippen molar-refractivity contribution in [1.82, 2.24) is 9.97 Å². The summed E-state index contributed by atoms with van der Waals surface area (Å²) in [7, 11) is 1.58. The summed E-state index contributed by atoms with van der Waals surface area (Å²) in [5.41, 5.74) is 2.76. The molecule has 0 spiro atoms. The Bertz CT molecular complexity index is 741. The molecule has 0 radical (unpaired) electrons. The number of hydrogen-bond acceptors (Lipinski definition) is 5. The second-order valence-corrected chi connectivity index (χ2v) is 5.79. The first-order valence-corrected chi connectivity index (χ1v) is 7.63. The number of anilines is 2. The van der Waals surface area contributed by atoms with E-state index in [1.165, 1.54) is 0 Å². The van der Waals surface area contributed by atoms with Crippen LogP contribution in [-0.4, -0.2) is 29.0 Å². The van der Waals surface area contributed by atoms with Gasteiger partial charge in [-0.15, -0.1) is 0 Å². The van der Waals surface area contributed by atoms with E-state index in [4.69, 9.17) is 4.74 Å². The Morgan fingerprint density at radius 3 is 2.70 bits per heavy atom. The van der Waals surface area contributed by atoms with E-state index in [-0.39, 0.29) is 5.91 Å². The lowest BCUT2D eigenvalue weighted by molar-refractivity contribution is 0.102. The quantitative estimate of drug-likeness (QED) is 0.888. The molecule has 0 atom stereocenters. The van der Waals surface area contributed by atoms with Gasteiger partial charge in [-0.1, -0.05) is 6.07 Å². The largest absolute Gasteiger partial charge is 0.495 e. The Hall–Kier alpha value is -2.63. The first-order valence-electron chi connectivity index (χ1n) is 7.63. The normalized spacial score (nSPS) is 13.5. The number of carbonyl (C=O) groups is 1. The number of nitrogens with one attached hydrogen (secondary N) is 2. The number of aromatic nitrogens is 2. The van der Waals surface area contributed by atoms with Gasteiger partial charge < -0.3 is 15.4 Å². The molecule has 2 N–H and O–H groups in total. The Labute approximate surface area is 135 Å². The van der Waals surface area contributed by atoms with Crippen LogP contribution in [0.25, 0.3) is 0 Å². The molecule has 1 aromatic heterocycles. The summed E-state index contributed by atoms with van der Waals surface area (Å²) >= 11 is 0. The highest BCUT2D eigenvalue weighted by atomic mass is 16.5. The van der Waals surface area contributed by atoms with Crippen molar-refractivity contribution < 1.29 is 9.53 Å². The van der Waals surface area contributed by atoms with Gasteiger partial charge in [0.25, 0.3) is 5.91 Å². The lowest BCUT2D eigenvalue weighted by Crippen LogP contribution is -2.17. The smallest absolute Gasteiger partial charge is 0.274 e. The highest BCUT2D eigenvalue weighted by Gasteiger charge is 2.22. The first kappa shape index (κ1) is 15.3. The molecule has 3 rings (SSSR count). The van der Waals surface area contributed by atoms with Gasteiger partial charge in [-0.25, -0.2) is 9.97 Å². The molecule has 1 amide bonds. The predicted octanol–water partition coefficient (Wildman–Crippen LogP) is 2.93. The van der Waals surface area contributed by atoms with Crippen molar-refractivity contribution in [2.24, 2.45) is 0 Å². The average Bonchev–Trinajstić information content (AvgIpc) is 3.31. The third kappa shape index (κ3) is 3.77. The van der Waals surface area contributed by atoms with E-state index in [1.807, 2.05) is 32.0 Å². The van der Waals surface area contributed by atoms with Crippen LogP contribution < -0.4 is 15.4 Å². The van der Waals surface area contributed by atoms with Crippen molar-refractivity contribution in [2.45, 2.75) is 32.7 Å². The van der Waals surface area contributed by atoms with Crippen LogP contribution in [0.4, 0.5) is 11.6 Å². The number of benzene rings is 1. The SMILES string of the molecule is COc1ccc(C)cc1NC(=O)c1cc(C)nc(NC2CC2)n1. The summed E-state index contributed by atoms with van der Waals surface area (Å²) in [6.45, 7) is 3.81. The molecule has 6 heteroatoms. The zero-order chi connectivity index (χ0) is 16.4. The van der Waals surface area contributed by atoms with Crippen LogP contribution in [0.2, 0.25) is 0 Å². The van der Waals surface area contributed by atoms with Gasteiger partial charge in [0.15, 0.2) is 0 Å². The average molecular weight is 312 g/mol. The van der Waals surface area contributed by atoms with Gasteiger partial charge in [0.2, 0.25) is 5.95 Å². The summed E-state index contributed by atoms with van der Waals surface area (Å²) in [5.74, 6) is 0.846. The number of rotatable bonds is 5. The molecule has 1 aliphatic rings. The molecule has 0 bridgehead atoms. The van der Waals surface area contributed by atoms with Crippen molar-refractivity contribution in [3.05, 3.63) is 41.2 Å². The highest BCUT2D eigenvalue weighted by molar-refractivity contribution is 6.04. The summed E-state index contributed by atoms with van der Waals surface area (Å²) in [4.78, 5) is 21.2. The maximum atomic E-state index is 12.5. The van der Waals surface area contributed by atoms with Gasteiger partial charge in [-0.2, -0.15) is 0 Å². The maximum absolute atomic E-state index is 12.5. The Kier molecular flexibility index (Phi) is 4.14. The van der Waals surface area contributed by atoms with E-state index < -0.39 is 0 Å². The molecule has 6 nitrogen and oxygen atoms in total. The number of amides is 1. The van der Waals surface area contributed by atoms with Gasteiger partial charge in [0, 0.05) is 11.7 Å². The fourth-order valence-corrected chi connectivity index (χ4v) is 2.27. The van der Waals surface area contributed by atoms with Gasteiger partial charge in [-0.3, -0.25) is 4.79 Å². The van der Waals surface area contributed by atoms with Crippen LogP contribution in [0.3, 0.4) is 0 Å². The molecule has 0 unspecified atom stereocenters. The fourth-order valence-electron chi connectivity index (χ4n) is 2.27. The number of aryl methyl sites for hydroxylation is 2. The third-order valence-electron chi connectivity index (χ3n) is 3.60. The zero-order valence-electron chi connectivity index (χ0n) is 13.5. The minimum atomic E-state index is -0.279. The van der Waals surface area contributed by atoms with Crippen molar-refractivity contribution >= 4 is 17.5 Å². The van der Waals surface area contributed by atoms with Gasteiger partial charge >= 0.3 is 0 Å². The monoisotopic (exact) mass is 312 g/mol. The number of methoxy groups -OCH3 is 1. The lowest BCUT2D eigenvalue weighted by atomic mass is 10.2. The second-order valence-electron chi connectivity index (χ2n) is 5.79.